The second-order valence-corrected chi connectivity index (χ2v) is 4.11. The fraction of sp³-hybridized carbons (Fsp3) is 0.154. The van der Waals surface area contributed by atoms with E-state index in [1.807, 2.05) is 36.4 Å². The number of Topliss-reactive ketones (excluding diaryl/α,β-unsaturated/α-hetero) is 1. The van der Waals surface area contributed by atoms with Crippen LogP contribution >= 0.6 is 12.2 Å². The minimum atomic E-state index is 0.0775. The van der Waals surface area contributed by atoms with Crippen molar-refractivity contribution >= 4 is 29.1 Å². The van der Waals surface area contributed by atoms with Crippen LogP contribution in [0.5, 0.6) is 0 Å². The third-order valence-electron chi connectivity index (χ3n) is 2.31. The molecule has 16 heavy (non-hydrogen) atoms. The third kappa shape index (κ3) is 2.70. The molecule has 1 aromatic carbocycles. The predicted molar refractivity (Wildman–Crippen MR) is 69.2 cm³/mol. The first-order valence-corrected chi connectivity index (χ1v) is 5.51. The molecule has 80 valence electrons. The van der Waals surface area contributed by atoms with Gasteiger partial charge in [0.2, 0.25) is 0 Å². The van der Waals surface area contributed by atoms with Gasteiger partial charge < -0.3 is 0 Å². The molecule has 0 amide bonds. The zero-order valence-corrected chi connectivity index (χ0v) is 9.54. The Morgan fingerprint density at radius 2 is 2.06 bits per heavy atom. The number of benzene rings is 1. The zero-order valence-electron chi connectivity index (χ0n) is 8.72. The average Bonchev–Trinajstić information content (AvgIpc) is 2.30. The molecule has 1 aromatic rings. The summed E-state index contributed by atoms with van der Waals surface area (Å²) >= 11 is 5.07. The fourth-order valence-electron chi connectivity index (χ4n) is 1.52. The van der Waals surface area contributed by atoms with Gasteiger partial charge in [-0.3, -0.25) is 9.79 Å². The summed E-state index contributed by atoms with van der Waals surface area (Å²) in [7, 11) is 0. The summed E-state index contributed by atoms with van der Waals surface area (Å²) in [4.78, 5) is 16.9. The number of thiocarbonyl (C=S) groups is 1. The Hall–Kier alpha value is -1.61. The zero-order chi connectivity index (χ0) is 11.4. The van der Waals surface area contributed by atoms with Gasteiger partial charge in [-0.05, 0) is 6.08 Å². The maximum Gasteiger partial charge on any atom is 0.168 e. The Bertz CT molecular complexity index is 474. The number of carbonyl (C=O) groups is 1. The molecule has 0 bridgehead atoms. The molecule has 2 rings (SSSR count). The van der Waals surface area contributed by atoms with E-state index in [0.717, 1.165) is 16.1 Å². The molecule has 0 saturated carbocycles. The lowest BCUT2D eigenvalue weighted by atomic mass is 10.1. The second kappa shape index (κ2) is 4.94. The van der Waals surface area contributed by atoms with E-state index < -0.39 is 0 Å². The molecule has 1 heterocycles. The van der Waals surface area contributed by atoms with Crippen molar-refractivity contribution in [1.29, 1.82) is 0 Å². The summed E-state index contributed by atoms with van der Waals surface area (Å²) in [5.74, 6) is 0.0775. The quantitative estimate of drug-likeness (QED) is 0.589. The van der Waals surface area contributed by atoms with Crippen molar-refractivity contribution in [2.45, 2.75) is 12.8 Å². The molecule has 1 aliphatic rings. The molecule has 1 aliphatic heterocycles. The summed E-state index contributed by atoms with van der Waals surface area (Å²) in [6.07, 6.45) is 4.60. The molecule has 0 aliphatic carbocycles. The van der Waals surface area contributed by atoms with Crippen LogP contribution in [0.15, 0.2) is 47.1 Å². The SMILES string of the molecule is O=C(CC1=CC(=S)CC=N1)c1ccccc1. The van der Waals surface area contributed by atoms with Crippen LogP contribution in [0.3, 0.4) is 0 Å². The number of hydrogen-bond donors (Lipinski definition) is 0. The van der Waals surface area contributed by atoms with Crippen molar-refractivity contribution < 1.29 is 4.79 Å². The monoisotopic (exact) mass is 229 g/mol. The Morgan fingerprint density at radius 3 is 2.75 bits per heavy atom. The first-order chi connectivity index (χ1) is 7.75. The first-order valence-electron chi connectivity index (χ1n) is 5.10. The summed E-state index contributed by atoms with van der Waals surface area (Å²) in [6.45, 7) is 0. The van der Waals surface area contributed by atoms with E-state index in [9.17, 15) is 4.79 Å². The molecule has 0 spiro atoms. The third-order valence-corrected chi connectivity index (χ3v) is 2.60. The van der Waals surface area contributed by atoms with E-state index in [4.69, 9.17) is 12.2 Å². The number of nitrogens with zero attached hydrogens (tertiary/aromatic N) is 1. The van der Waals surface area contributed by atoms with Gasteiger partial charge in [0, 0.05) is 28.8 Å². The van der Waals surface area contributed by atoms with E-state index in [1.165, 1.54) is 0 Å². The van der Waals surface area contributed by atoms with Gasteiger partial charge in [0.15, 0.2) is 5.78 Å². The van der Waals surface area contributed by atoms with Crippen molar-refractivity contribution in [2.24, 2.45) is 4.99 Å². The van der Waals surface area contributed by atoms with Crippen LogP contribution in [0.25, 0.3) is 0 Å². The lowest BCUT2D eigenvalue weighted by molar-refractivity contribution is 0.0993. The smallest absolute Gasteiger partial charge is 0.168 e. The molecule has 3 heteroatoms. The molecule has 0 fully saturated rings. The minimum absolute atomic E-state index is 0.0775. The number of ketones is 1. The summed E-state index contributed by atoms with van der Waals surface area (Å²) < 4.78 is 0. The van der Waals surface area contributed by atoms with Crippen molar-refractivity contribution in [2.75, 3.05) is 0 Å². The highest BCUT2D eigenvalue weighted by molar-refractivity contribution is 7.80. The summed E-state index contributed by atoms with van der Waals surface area (Å²) in [5.41, 5.74) is 1.47. The lowest BCUT2D eigenvalue weighted by Gasteiger charge is -2.06. The van der Waals surface area contributed by atoms with Crippen LogP contribution in [0, 0.1) is 0 Å². The Labute approximate surface area is 99.7 Å². The molecule has 0 aromatic heterocycles. The largest absolute Gasteiger partial charge is 0.294 e. The number of allylic oxidation sites excluding steroid dienone is 2. The topological polar surface area (TPSA) is 29.4 Å². The van der Waals surface area contributed by atoms with Crippen LogP contribution in [0.1, 0.15) is 23.2 Å². The lowest BCUT2D eigenvalue weighted by Crippen LogP contribution is -2.04. The maximum atomic E-state index is 11.9. The van der Waals surface area contributed by atoms with Crippen molar-refractivity contribution in [3.63, 3.8) is 0 Å². The maximum absolute atomic E-state index is 11.9. The molecule has 2 nitrogen and oxygen atoms in total. The van der Waals surface area contributed by atoms with Crippen LogP contribution < -0.4 is 0 Å². The highest BCUT2D eigenvalue weighted by Crippen LogP contribution is 2.13. The molecular weight excluding hydrogens is 218 g/mol. The van der Waals surface area contributed by atoms with Gasteiger partial charge in [-0.2, -0.15) is 0 Å². The summed E-state index contributed by atoms with van der Waals surface area (Å²) in [6, 6.07) is 9.23. The van der Waals surface area contributed by atoms with Gasteiger partial charge in [0.05, 0.1) is 6.42 Å². The van der Waals surface area contributed by atoms with Crippen LogP contribution in [0.4, 0.5) is 0 Å². The van der Waals surface area contributed by atoms with Gasteiger partial charge in [-0.25, -0.2) is 0 Å². The van der Waals surface area contributed by atoms with E-state index in [0.29, 0.717) is 12.8 Å². The number of hydrogen-bond acceptors (Lipinski definition) is 3. The highest BCUT2D eigenvalue weighted by Gasteiger charge is 2.10. The van der Waals surface area contributed by atoms with Crippen molar-refractivity contribution in [1.82, 2.24) is 0 Å². The minimum Gasteiger partial charge on any atom is -0.294 e. The predicted octanol–water partition coefficient (Wildman–Crippen LogP) is 2.99. The van der Waals surface area contributed by atoms with Crippen LogP contribution in [-0.2, 0) is 0 Å². The van der Waals surface area contributed by atoms with Gasteiger partial charge in [0.1, 0.15) is 0 Å². The molecule has 0 unspecified atom stereocenters. The fourth-order valence-corrected chi connectivity index (χ4v) is 1.73. The van der Waals surface area contributed by atoms with Crippen LogP contribution in [-0.4, -0.2) is 16.9 Å². The Morgan fingerprint density at radius 1 is 1.31 bits per heavy atom. The molecule has 0 atom stereocenters. The molecule has 0 saturated heterocycles. The number of rotatable bonds is 3. The van der Waals surface area contributed by atoms with Crippen molar-refractivity contribution in [3.05, 3.63) is 47.7 Å². The van der Waals surface area contributed by atoms with Gasteiger partial charge in [-0.15, -0.1) is 0 Å². The normalized spacial score (nSPS) is 14.8. The molecular formula is C13H11NOS. The van der Waals surface area contributed by atoms with Gasteiger partial charge in [-0.1, -0.05) is 42.5 Å². The molecule has 0 radical (unpaired) electrons. The van der Waals surface area contributed by atoms with Crippen molar-refractivity contribution in [3.8, 4) is 0 Å². The highest BCUT2D eigenvalue weighted by atomic mass is 32.1. The van der Waals surface area contributed by atoms with Gasteiger partial charge in [0.25, 0.3) is 0 Å². The standard InChI is InChI=1S/C13H11NOS/c15-13(10-4-2-1-3-5-10)9-11-8-12(16)6-7-14-11/h1-5,7-8H,6,9H2. The van der Waals surface area contributed by atoms with E-state index in [1.54, 1.807) is 6.21 Å². The Kier molecular flexibility index (Phi) is 3.37. The van der Waals surface area contributed by atoms with E-state index in [2.05, 4.69) is 4.99 Å². The number of carbonyl (C=O) groups excluding carboxylic acids is 1. The van der Waals surface area contributed by atoms with Gasteiger partial charge >= 0.3 is 0 Å². The van der Waals surface area contributed by atoms with E-state index in [-0.39, 0.29) is 5.78 Å². The van der Waals surface area contributed by atoms with Crippen LogP contribution in [0.2, 0.25) is 0 Å². The summed E-state index contributed by atoms with van der Waals surface area (Å²) in [5, 5.41) is 0. The molecule has 0 N–H and O–H groups in total. The van der Waals surface area contributed by atoms with E-state index >= 15 is 0 Å². The Balaban J connectivity index is 2.09. The average molecular weight is 229 g/mol. The second-order valence-electron chi connectivity index (χ2n) is 3.58. The first kappa shape index (κ1) is 10.9. The number of aliphatic imine (C=N–C) groups is 1.